The van der Waals surface area contributed by atoms with Crippen LogP contribution in [-0.2, 0) is 24.3 Å². The summed E-state index contributed by atoms with van der Waals surface area (Å²) in [5.41, 5.74) is 3.51. The molecule has 3 rings (SSSR count). The molecule has 27 heavy (non-hydrogen) atoms. The van der Waals surface area contributed by atoms with Gasteiger partial charge in [-0.15, -0.1) is 0 Å². The molecule has 1 amide bonds. The molecule has 1 saturated heterocycles. The fourth-order valence-corrected chi connectivity index (χ4v) is 3.68. The Morgan fingerprint density at radius 3 is 2.56 bits per heavy atom. The topological polar surface area (TPSA) is 41.6 Å². The Labute approximate surface area is 162 Å². The van der Waals surface area contributed by atoms with Crippen LogP contribution in [0.5, 0.6) is 5.75 Å². The fraction of sp³-hybridized carbons (Fsp3) is 0.435. The summed E-state index contributed by atoms with van der Waals surface area (Å²) in [7, 11) is 1.64. The van der Waals surface area contributed by atoms with Gasteiger partial charge in [-0.3, -0.25) is 9.69 Å². The van der Waals surface area contributed by atoms with E-state index in [1.165, 1.54) is 36.9 Å². The molecule has 0 radical (unpaired) electrons. The molecule has 0 unspecified atom stereocenters. The molecule has 4 heteroatoms. The zero-order chi connectivity index (χ0) is 19.1. The molecule has 1 aliphatic heterocycles. The third-order valence-electron chi connectivity index (χ3n) is 5.43. The number of likely N-dealkylation sites (tertiary alicyclic amines) is 1. The minimum Gasteiger partial charge on any atom is -0.497 e. The molecule has 0 aliphatic carbocycles. The van der Waals surface area contributed by atoms with Crippen molar-refractivity contribution in [3.8, 4) is 5.75 Å². The lowest BCUT2D eigenvalue weighted by Crippen LogP contribution is -2.37. The van der Waals surface area contributed by atoms with Gasteiger partial charge in [0.05, 0.1) is 13.5 Å². The number of ether oxygens (including phenoxy) is 1. The molecule has 0 saturated carbocycles. The maximum Gasteiger partial charge on any atom is 0.224 e. The van der Waals surface area contributed by atoms with Crippen LogP contribution >= 0.6 is 0 Å². The molecular weight excluding hydrogens is 336 g/mol. The van der Waals surface area contributed by atoms with E-state index in [0.29, 0.717) is 19.0 Å². The largest absolute Gasteiger partial charge is 0.497 e. The number of hydrogen-bond donors (Lipinski definition) is 1. The molecule has 1 aliphatic rings. The zero-order valence-corrected chi connectivity index (χ0v) is 16.4. The first-order valence-corrected chi connectivity index (χ1v) is 9.86. The highest BCUT2D eigenvalue weighted by Crippen LogP contribution is 2.21. The van der Waals surface area contributed by atoms with Crippen LogP contribution < -0.4 is 10.1 Å². The van der Waals surface area contributed by atoms with Gasteiger partial charge >= 0.3 is 0 Å². The molecule has 1 N–H and O–H groups in total. The third-order valence-corrected chi connectivity index (χ3v) is 5.43. The van der Waals surface area contributed by atoms with Crippen LogP contribution in [-0.4, -0.2) is 30.5 Å². The van der Waals surface area contributed by atoms with Crippen molar-refractivity contribution < 1.29 is 9.53 Å². The fourth-order valence-electron chi connectivity index (χ4n) is 3.68. The minimum absolute atomic E-state index is 0.0429. The molecule has 0 aromatic heterocycles. The van der Waals surface area contributed by atoms with Crippen molar-refractivity contribution in [1.29, 1.82) is 0 Å². The van der Waals surface area contributed by atoms with Crippen molar-refractivity contribution in [1.82, 2.24) is 10.2 Å². The van der Waals surface area contributed by atoms with Crippen molar-refractivity contribution in [2.45, 2.75) is 51.7 Å². The normalized spacial score (nSPS) is 17.5. The van der Waals surface area contributed by atoms with E-state index in [4.69, 9.17) is 4.74 Å². The molecule has 0 spiro atoms. The summed E-state index contributed by atoms with van der Waals surface area (Å²) in [5.74, 6) is 0.848. The van der Waals surface area contributed by atoms with Crippen molar-refractivity contribution in [3.05, 3.63) is 65.2 Å². The SMILES string of the molecule is COc1ccc(CC(=O)NCc2ccccc2CN2CCCC[C@@H]2C)cc1. The summed E-state index contributed by atoms with van der Waals surface area (Å²) in [5, 5.41) is 3.08. The Bertz CT molecular complexity index is 742. The first-order chi connectivity index (χ1) is 13.2. The summed E-state index contributed by atoms with van der Waals surface area (Å²) in [6.45, 7) is 5.02. The number of rotatable bonds is 7. The van der Waals surface area contributed by atoms with Crippen LogP contribution in [0.1, 0.15) is 42.9 Å². The molecule has 1 atom stereocenters. The number of carbonyl (C=O) groups is 1. The van der Waals surface area contributed by atoms with Crippen LogP contribution in [0.2, 0.25) is 0 Å². The highest BCUT2D eigenvalue weighted by atomic mass is 16.5. The number of piperidine rings is 1. The van der Waals surface area contributed by atoms with E-state index in [9.17, 15) is 4.79 Å². The third kappa shape index (κ3) is 5.57. The van der Waals surface area contributed by atoms with Gasteiger partial charge in [-0.2, -0.15) is 0 Å². The molecule has 4 nitrogen and oxygen atoms in total. The van der Waals surface area contributed by atoms with Crippen LogP contribution in [0.25, 0.3) is 0 Å². The van der Waals surface area contributed by atoms with Crippen molar-refractivity contribution in [2.24, 2.45) is 0 Å². The number of carbonyl (C=O) groups excluding carboxylic acids is 1. The predicted octanol–water partition coefficient (Wildman–Crippen LogP) is 3.93. The quantitative estimate of drug-likeness (QED) is 0.807. The highest BCUT2D eigenvalue weighted by Gasteiger charge is 2.19. The predicted molar refractivity (Wildman–Crippen MR) is 109 cm³/mol. The average molecular weight is 367 g/mol. The van der Waals surface area contributed by atoms with E-state index in [-0.39, 0.29) is 5.91 Å². The van der Waals surface area contributed by atoms with Crippen LogP contribution in [0.4, 0.5) is 0 Å². The maximum absolute atomic E-state index is 12.3. The van der Waals surface area contributed by atoms with Crippen molar-refractivity contribution >= 4 is 5.91 Å². The second-order valence-electron chi connectivity index (χ2n) is 7.39. The number of hydrogen-bond acceptors (Lipinski definition) is 3. The van der Waals surface area contributed by atoms with Crippen molar-refractivity contribution in [2.75, 3.05) is 13.7 Å². The summed E-state index contributed by atoms with van der Waals surface area (Å²) in [4.78, 5) is 14.9. The smallest absolute Gasteiger partial charge is 0.224 e. The summed E-state index contributed by atoms with van der Waals surface area (Å²) < 4.78 is 5.16. The van der Waals surface area contributed by atoms with Gasteiger partial charge < -0.3 is 10.1 Å². The Hall–Kier alpha value is -2.33. The van der Waals surface area contributed by atoms with Gasteiger partial charge in [0.15, 0.2) is 0 Å². The molecular formula is C23H30N2O2. The first kappa shape index (κ1) is 19.4. The van der Waals surface area contributed by atoms with Gasteiger partial charge in [-0.1, -0.05) is 42.8 Å². The Morgan fingerprint density at radius 1 is 1.11 bits per heavy atom. The Balaban J connectivity index is 1.56. The Kier molecular flexibility index (Phi) is 6.88. The molecule has 1 heterocycles. The first-order valence-electron chi connectivity index (χ1n) is 9.86. The average Bonchev–Trinajstić information content (AvgIpc) is 2.69. The lowest BCUT2D eigenvalue weighted by Gasteiger charge is -2.33. The van der Waals surface area contributed by atoms with Gasteiger partial charge in [0, 0.05) is 19.1 Å². The number of amides is 1. The van der Waals surface area contributed by atoms with Gasteiger partial charge in [-0.05, 0) is 55.1 Å². The van der Waals surface area contributed by atoms with Gasteiger partial charge in [-0.25, -0.2) is 0 Å². The molecule has 2 aromatic rings. The molecule has 2 aromatic carbocycles. The van der Waals surface area contributed by atoms with Crippen LogP contribution in [0.3, 0.4) is 0 Å². The number of methoxy groups -OCH3 is 1. The lowest BCUT2D eigenvalue weighted by atomic mass is 10.0. The standard InChI is InChI=1S/C23H30N2O2/c1-18-7-5-6-14-25(18)17-21-9-4-3-8-20(21)16-24-23(26)15-19-10-12-22(27-2)13-11-19/h3-4,8-13,18H,5-7,14-17H2,1-2H3,(H,24,26)/t18-/m0/s1. The molecule has 144 valence electrons. The van der Waals surface area contributed by atoms with E-state index in [1.807, 2.05) is 30.3 Å². The van der Waals surface area contributed by atoms with Crippen molar-refractivity contribution in [3.63, 3.8) is 0 Å². The molecule has 1 fully saturated rings. The second-order valence-corrected chi connectivity index (χ2v) is 7.39. The number of nitrogens with one attached hydrogen (secondary N) is 1. The van der Waals surface area contributed by atoms with E-state index >= 15 is 0 Å². The van der Waals surface area contributed by atoms with E-state index in [1.54, 1.807) is 7.11 Å². The van der Waals surface area contributed by atoms with Crippen LogP contribution in [0.15, 0.2) is 48.5 Å². The summed E-state index contributed by atoms with van der Waals surface area (Å²) in [6, 6.07) is 16.7. The number of nitrogens with zero attached hydrogens (tertiary/aromatic N) is 1. The van der Waals surface area contributed by atoms with Gasteiger partial charge in [0.1, 0.15) is 5.75 Å². The van der Waals surface area contributed by atoms with E-state index in [0.717, 1.165) is 17.9 Å². The van der Waals surface area contributed by atoms with Gasteiger partial charge in [0.2, 0.25) is 5.91 Å². The summed E-state index contributed by atoms with van der Waals surface area (Å²) >= 11 is 0. The number of benzene rings is 2. The second kappa shape index (κ2) is 9.56. The van der Waals surface area contributed by atoms with Crippen LogP contribution in [0, 0.1) is 0 Å². The highest BCUT2D eigenvalue weighted by molar-refractivity contribution is 5.78. The lowest BCUT2D eigenvalue weighted by molar-refractivity contribution is -0.120. The Morgan fingerprint density at radius 2 is 1.85 bits per heavy atom. The maximum atomic E-state index is 12.3. The van der Waals surface area contributed by atoms with E-state index < -0.39 is 0 Å². The van der Waals surface area contributed by atoms with Gasteiger partial charge in [0.25, 0.3) is 0 Å². The monoisotopic (exact) mass is 366 g/mol. The summed E-state index contributed by atoms with van der Waals surface area (Å²) in [6.07, 6.45) is 4.28. The zero-order valence-electron chi connectivity index (χ0n) is 16.4. The molecule has 0 bridgehead atoms. The van der Waals surface area contributed by atoms with E-state index in [2.05, 4.69) is 35.3 Å². The minimum atomic E-state index is 0.0429.